The van der Waals surface area contributed by atoms with E-state index in [9.17, 15) is 0 Å². The minimum Gasteiger partial charge on any atom is -0.493 e. The Bertz CT molecular complexity index is 688. The number of rotatable bonds is 7. The molecule has 5 heteroatoms. The van der Waals surface area contributed by atoms with Crippen molar-refractivity contribution < 1.29 is 4.74 Å². The van der Waals surface area contributed by atoms with Gasteiger partial charge in [0.25, 0.3) is 0 Å². The maximum absolute atomic E-state index is 5.96. The SMILES string of the molecule is CN=C(NCc1ccn(C)c1)NCc1ccccc1OCC1CC1. The fourth-order valence-electron chi connectivity index (χ4n) is 2.53. The van der Waals surface area contributed by atoms with E-state index in [-0.39, 0.29) is 0 Å². The number of para-hydroxylation sites is 1. The number of hydrogen-bond acceptors (Lipinski definition) is 2. The zero-order chi connectivity index (χ0) is 16.8. The number of ether oxygens (including phenoxy) is 1. The summed E-state index contributed by atoms with van der Waals surface area (Å²) in [5, 5.41) is 6.69. The Morgan fingerprint density at radius 1 is 1.21 bits per heavy atom. The largest absolute Gasteiger partial charge is 0.493 e. The Labute approximate surface area is 143 Å². The third-order valence-electron chi connectivity index (χ3n) is 4.17. The summed E-state index contributed by atoms with van der Waals surface area (Å²) in [6, 6.07) is 10.3. The van der Waals surface area contributed by atoms with Crippen LogP contribution in [-0.2, 0) is 20.1 Å². The first-order valence-electron chi connectivity index (χ1n) is 8.50. The van der Waals surface area contributed by atoms with Gasteiger partial charge < -0.3 is 19.9 Å². The second-order valence-corrected chi connectivity index (χ2v) is 6.33. The summed E-state index contributed by atoms with van der Waals surface area (Å²) in [6.45, 7) is 2.27. The minimum atomic E-state index is 0.690. The Morgan fingerprint density at radius 2 is 2.00 bits per heavy atom. The Balaban J connectivity index is 1.51. The van der Waals surface area contributed by atoms with Crippen LogP contribution < -0.4 is 15.4 Å². The van der Waals surface area contributed by atoms with Crippen molar-refractivity contribution in [3.63, 3.8) is 0 Å². The van der Waals surface area contributed by atoms with Gasteiger partial charge in [-0.3, -0.25) is 4.99 Å². The highest BCUT2D eigenvalue weighted by Gasteiger charge is 2.22. The van der Waals surface area contributed by atoms with Crippen molar-refractivity contribution in [2.45, 2.75) is 25.9 Å². The van der Waals surface area contributed by atoms with Crippen LogP contribution in [0, 0.1) is 5.92 Å². The van der Waals surface area contributed by atoms with Crippen LogP contribution in [0.1, 0.15) is 24.0 Å². The highest BCUT2D eigenvalue weighted by atomic mass is 16.5. The van der Waals surface area contributed by atoms with E-state index in [1.807, 2.05) is 36.0 Å². The van der Waals surface area contributed by atoms with E-state index in [1.165, 1.54) is 18.4 Å². The van der Waals surface area contributed by atoms with Crippen molar-refractivity contribution in [1.29, 1.82) is 0 Å². The third-order valence-corrected chi connectivity index (χ3v) is 4.17. The molecular formula is C19H26N4O. The second-order valence-electron chi connectivity index (χ2n) is 6.33. The normalized spacial score (nSPS) is 14.5. The van der Waals surface area contributed by atoms with Gasteiger partial charge in [-0.1, -0.05) is 18.2 Å². The van der Waals surface area contributed by atoms with Crippen LogP contribution in [-0.4, -0.2) is 24.2 Å². The number of aliphatic imine (C=N–C) groups is 1. The molecule has 1 aliphatic carbocycles. The van der Waals surface area contributed by atoms with Crippen LogP contribution >= 0.6 is 0 Å². The van der Waals surface area contributed by atoms with Crippen LogP contribution in [0.3, 0.4) is 0 Å². The van der Waals surface area contributed by atoms with Gasteiger partial charge >= 0.3 is 0 Å². The maximum atomic E-state index is 5.96. The molecule has 24 heavy (non-hydrogen) atoms. The lowest BCUT2D eigenvalue weighted by Gasteiger charge is -2.14. The number of nitrogens with one attached hydrogen (secondary N) is 2. The van der Waals surface area contributed by atoms with E-state index in [0.29, 0.717) is 6.54 Å². The van der Waals surface area contributed by atoms with Gasteiger partial charge in [0.15, 0.2) is 5.96 Å². The first-order chi connectivity index (χ1) is 11.7. The highest BCUT2D eigenvalue weighted by molar-refractivity contribution is 5.79. The molecule has 2 N–H and O–H groups in total. The van der Waals surface area contributed by atoms with E-state index >= 15 is 0 Å². The van der Waals surface area contributed by atoms with E-state index in [0.717, 1.165) is 36.3 Å². The molecule has 0 amide bonds. The molecule has 3 rings (SSSR count). The molecule has 0 saturated heterocycles. The predicted molar refractivity (Wildman–Crippen MR) is 97.1 cm³/mol. The van der Waals surface area contributed by atoms with Gasteiger partial charge in [0, 0.05) is 45.1 Å². The monoisotopic (exact) mass is 326 g/mol. The maximum Gasteiger partial charge on any atom is 0.191 e. The molecule has 1 fully saturated rings. The molecule has 2 aromatic rings. The number of guanidine groups is 1. The number of aryl methyl sites for hydroxylation is 1. The molecule has 128 valence electrons. The van der Waals surface area contributed by atoms with Gasteiger partial charge in [0.2, 0.25) is 0 Å². The van der Waals surface area contributed by atoms with Crippen LogP contribution in [0.4, 0.5) is 0 Å². The molecule has 1 aliphatic rings. The Kier molecular flexibility index (Phi) is 5.41. The van der Waals surface area contributed by atoms with E-state index in [4.69, 9.17) is 4.74 Å². The minimum absolute atomic E-state index is 0.690. The smallest absolute Gasteiger partial charge is 0.191 e. The lowest BCUT2D eigenvalue weighted by atomic mass is 10.2. The van der Waals surface area contributed by atoms with Crippen LogP contribution in [0.25, 0.3) is 0 Å². The van der Waals surface area contributed by atoms with Crippen molar-refractivity contribution >= 4 is 5.96 Å². The summed E-state index contributed by atoms with van der Waals surface area (Å²) < 4.78 is 8.00. The molecule has 1 heterocycles. The summed E-state index contributed by atoms with van der Waals surface area (Å²) in [6.07, 6.45) is 6.74. The van der Waals surface area contributed by atoms with Crippen LogP contribution in [0.15, 0.2) is 47.7 Å². The zero-order valence-electron chi connectivity index (χ0n) is 14.5. The molecular weight excluding hydrogens is 300 g/mol. The lowest BCUT2D eigenvalue weighted by molar-refractivity contribution is 0.296. The van der Waals surface area contributed by atoms with Gasteiger partial charge in [-0.2, -0.15) is 0 Å². The number of aromatic nitrogens is 1. The summed E-state index contributed by atoms with van der Waals surface area (Å²) in [4.78, 5) is 4.29. The van der Waals surface area contributed by atoms with Gasteiger partial charge in [0.1, 0.15) is 5.75 Å². The first-order valence-corrected chi connectivity index (χ1v) is 8.50. The molecule has 1 saturated carbocycles. The summed E-state index contributed by atoms with van der Waals surface area (Å²) in [5.41, 5.74) is 2.38. The van der Waals surface area contributed by atoms with Crippen LogP contribution in [0.5, 0.6) is 5.75 Å². The molecule has 1 aromatic carbocycles. The molecule has 0 aliphatic heterocycles. The van der Waals surface area contributed by atoms with Crippen molar-refractivity contribution in [2.24, 2.45) is 18.0 Å². The van der Waals surface area contributed by atoms with E-state index in [1.54, 1.807) is 7.05 Å². The first kappa shape index (κ1) is 16.4. The standard InChI is InChI=1S/C19H26N4O/c1-20-19(21-11-16-9-10-23(2)13-16)22-12-17-5-3-4-6-18(17)24-14-15-7-8-15/h3-6,9-10,13,15H,7-8,11-12,14H2,1-2H3,(H2,20,21,22). The molecule has 0 bridgehead atoms. The molecule has 5 nitrogen and oxygen atoms in total. The average Bonchev–Trinajstić information content (AvgIpc) is 3.34. The summed E-state index contributed by atoms with van der Waals surface area (Å²) in [5.74, 6) is 2.51. The molecule has 1 aromatic heterocycles. The van der Waals surface area contributed by atoms with Gasteiger partial charge in [-0.05, 0) is 36.5 Å². The second kappa shape index (κ2) is 7.90. The van der Waals surface area contributed by atoms with Crippen molar-refractivity contribution in [3.8, 4) is 5.75 Å². The molecule has 0 radical (unpaired) electrons. The number of hydrogen-bond donors (Lipinski definition) is 2. The van der Waals surface area contributed by atoms with E-state index in [2.05, 4.69) is 34.0 Å². The number of benzene rings is 1. The predicted octanol–water partition coefficient (Wildman–Crippen LogP) is 2.68. The molecule has 0 unspecified atom stereocenters. The topological polar surface area (TPSA) is 50.6 Å². The average molecular weight is 326 g/mol. The van der Waals surface area contributed by atoms with Crippen LogP contribution in [0.2, 0.25) is 0 Å². The van der Waals surface area contributed by atoms with Crippen molar-refractivity contribution in [1.82, 2.24) is 15.2 Å². The fraction of sp³-hybridized carbons (Fsp3) is 0.421. The summed E-state index contributed by atoms with van der Waals surface area (Å²) in [7, 11) is 3.81. The summed E-state index contributed by atoms with van der Waals surface area (Å²) >= 11 is 0. The zero-order valence-corrected chi connectivity index (χ0v) is 14.5. The molecule has 0 atom stereocenters. The lowest BCUT2D eigenvalue weighted by Crippen LogP contribution is -2.36. The van der Waals surface area contributed by atoms with Gasteiger partial charge in [0.05, 0.1) is 6.61 Å². The number of nitrogens with zero attached hydrogens (tertiary/aromatic N) is 2. The van der Waals surface area contributed by atoms with Crippen molar-refractivity contribution in [3.05, 3.63) is 53.9 Å². The van der Waals surface area contributed by atoms with Gasteiger partial charge in [-0.25, -0.2) is 0 Å². The highest BCUT2D eigenvalue weighted by Crippen LogP contribution is 2.30. The third kappa shape index (κ3) is 4.78. The van der Waals surface area contributed by atoms with Crippen molar-refractivity contribution in [2.75, 3.05) is 13.7 Å². The van der Waals surface area contributed by atoms with E-state index < -0.39 is 0 Å². The Hall–Kier alpha value is -2.43. The fourth-order valence-corrected chi connectivity index (χ4v) is 2.53. The molecule has 0 spiro atoms. The Morgan fingerprint density at radius 3 is 2.71 bits per heavy atom. The van der Waals surface area contributed by atoms with Gasteiger partial charge in [-0.15, -0.1) is 0 Å². The quantitative estimate of drug-likeness (QED) is 0.607.